The van der Waals surface area contributed by atoms with Gasteiger partial charge in [0.05, 0.1) is 6.07 Å². The fourth-order valence-electron chi connectivity index (χ4n) is 0.867. The van der Waals surface area contributed by atoms with Crippen LogP contribution in [0.25, 0.3) is 0 Å². The number of halogens is 1. The summed E-state index contributed by atoms with van der Waals surface area (Å²) in [6, 6.07) is 12.0. The fraction of sp³-hybridized carbons (Fsp3) is 0.222. The topological polar surface area (TPSA) is 23.8 Å². The van der Waals surface area contributed by atoms with E-state index in [0.29, 0.717) is 6.42 Å². The fourth-order valence-corrected chi connectivity index (χ4v) is 2.51. The van der Waals surface area contributed by atoms with E-state index in [1.807, 2.05) is 30.3 Å². The molecule has 0 aliphatic heterocycles. The molecule has 0 fully saturated rings. The summed E-state index contributed by atoms with van der Waals surface area (Å²) >= 11 is 6.10. The van der Waals surface area contributed by atoms with Gasteiger partial charge in [0.1, 0.15) is 0 Å². The normalized spacial score (nSPS) is 12.0. The summed E-state index contributed by atoms with van der Waals surface area (Å²) in [7, 11) is -0.632. The Hall–Kier alpha value is -0.570. The molecular weight excluding hydrogens is 189 g/mol. The van der Waals surface area contributed by atoms with Crippen LogP contribution in [0, 0.1) is 11.3 Å². The molecule has 0 aromatic heterocycles. The number of hydrogen-bond acceptors (Lipinski definition) is 1. The average molecular weight is 198 g/mol. The van der Waals surface area contributed by atoms with E-state index in [2.05, 4.69) is 6.07 Å². The average Bonchev–Trinajstić information content (AvgIpc) is 2.15. The van der Waals surface area contributed by atoms with Gasteiger partial charge in [-0.05, 0) is 11.5 Å². The largest absolute Gasteiger partial charge is 0.198 e. The van der Waals surface area contributed by atoms with Crippen molar-refractivity contribution in [1.29, 1.82) is 5.26 Å². The van der Waals surface area contributed by atoms with E-state index in [-0.39, 0.29) is 0 Å². The third-order valence-corrected chi connectivity index (χ3v) is 4.02. The van der Waals surface area contributed by atoms with E-state index in [4.69, 9.17) is 16.5 Å². The van der Waals surface area contributed by atoms with Gasteiger partial charge in [-0.1, -0.05) is 41.6 Å². The lowest BCUT2D eigenvalue weighted by molar-refractivity contribution is 1.24. The molecule has 1 nitrogen and oxygen atoms in total. The highest BCUT2D eigenvalue weighted by Gasteiger charge is 2.05. The van der Waals surface area contributed by atoms with Gasteiger partial charge in [0.15, 0.2) is 0 Å². The summed E-state index contributed by atoms with van der Waals surface area (Å²) < 4.78 is 0. The Morgan fingerprint density at radius 2 is 2.00 bits per heavy atom. The highest BCUT2D eigenvalue weighted by Crippen LogP contribution is 2.40. The minimum atomic E-state index is -0.632. The quantitative estimate of drug-likeness (QED) is 0.684. The van der Waals surface area contributed by atoms with Gasteiger partial charge in [-0.3, -0.25) is 0 Å². The first-order chi connectivity index (χ1) is 5.84. The van der Waals surface area contributed by atoms with Gasteiger partial charge >= 0.3 is 0 Å². The van der Waals surface area contributed by atoms with Crippen LogP contribution < -0.4 is 5.30 Å². The van der Waals surface area contributed by atoms with Crippen molar-refractivity contribution in [2.45, 2.75) is 6.42 Å². The second-order valence-corrected chi connectivity index (χ2v) is 5.24. The molecule has 1 unspecified atom stereocenters. The number of rotatable bonds is 3. The summed E-state index contributed by atoms with van der Waals surface area (Å²) in [5.41, 5.74) is 0. The molecule has 1 rings (SSSR count). The summed E-state index contributed by atoms with van der Waals surface area (Å²) in [5, 5.41) is 9.52. The molecular formula is C9H9ClNP. The van der Waals surface area contributed by atoms with Crippen LogP contribution in [0.15, 0.2) is 30.3 Å². The van der Waals surface area contributed by atoms with E-state index in [9.17, 15) is 0 Å². The molecule has 1 aromatic rings. The van der Waals surface area contributed by atoms with Crippen molar-refractivity contribution in [3.8, 4) is 6.07 Å². The van der Waals surface area contributed by atoms with Crippen molar-refractivity contribution in [1.82, 2.24) is 0 Å². The van der Waals surface area contributed by atoms with Crippen molar-refractivity contribution < 1.29 is 0 Å². The van der Waals surface area contributed by atoms with Crippen molar-refractivity contribution in [3.05, 3.63) is 30.3 Å². The molecule has 12 heavy (non-hydrogen) atoms. The monoisotopic (exact) mass is 197 g/mol. The van der Waals surface area contributed by atoms with Gasteiger partial charge in [0, 0.05) is 13.7 Å². The van der Waals surface area contributed by atoms with E-state index < -0.39 is 7.27 Å². The minimum absolute atomic E-state index is 0.546. The molecule has 3 heteroatoms. The zero-order valence-electron chi connectivity index (χ0n) is 6.57. The Morgan fingerprint density at radius 1 is 1.33 bits per heavy atom. The zero-order chi connectivity index (χ0) is 8.81. The molecule has 1 atom stereocenters. The van der Waals surface area contributed by atoms with Gasteiger partial charge in [-0.2, -0.15) is 5.26 Å². The summed E-state index contributed by atoms with van der Waals surface area (Å²) in [5.74, 6) is 0. The molecule has 0 heterocycles. The molecule has 0 amide bonds. The van der Waals surface area contributed by atoms with Crippen LogP contribution in [-0.2, 0) is 0 Å². The van der Waals surface area contributed by atoms with Crippen molar-refractivity contribution in [2.24, 2.45) is 0 Å². The molecule has 0 spiro atoms. The van der Waals surface area contributed by atoms with Crippen LogP contribution in [-0.4, -0.2) is 6.16 Å². The maximum Gasteiger partial charge on any atom is 0.0625 e. The van der Waals surface area contributed by atoms with Crippen molar-refractivity contribution >= 4 is 23.8 Å². The number of nitriles is 1. The second kappa shape index (κ2) is 5.14. The maximum atomic E-state index is 8.36. The van der Waals surface area contributed by atoms with Gasteiger partial charge < -0.3 is 0 Å². The van der Waals surface area contributed by atoms with Crippen molar-refractivity contribution in [3.63, 3.8) is 0 Å². The lowest BCUT2D eigenvalue weighted by Gasteiger charge is -2.05. The van der Waals surface area contributed by atoms with E-state index in [1.165, 1.54) is 0 Å². The SMILES string of the molecule is N#CCCP(Cl)c1ccccc1. The molecule has 0 N–H and O–H groups in total. The number of benzene rings is 1. The molecule has 0 aliphatic carbocycles. The zero-order valence-corrected chi connectivity index (χ0v) is 8.22. The van der Waals surface area contributed by atoms with E-state index in [1.54, 1.807) is 0 Å². The van der Waals surface area contributed by atoms with Gasteiger partial charge in [-0.15, -0.1) is 0 Å². The van der Waals surface area contributed by atoms with Crippen LogP contribution in [0.1, 0.15) is 6.42 Å². The number of hydrogen-bond donors (Lipinski definition) is 0. The Kier molecular flexibility index (Phi) is 4.08. The van der Waals surface area contributed by atoms with Crippen LogP contribution in [0.2, 0.25) is 0 Å². The van der Waals surface area contributed by atoms with E-state index in [0.717, 1.165) is 11.5 Å². The lowest BCUT2D eigenvalue weighted by atomic mass is 10.4. The molecule has 0 saturated carbocycles. The predicted octanol–water partition coefficient (Wildman–Crippen LogP) is 2.86. The van der Waals surface area contributed by atoms with Crippen molar-refractivity contribution in [2.75, 3.05) is 6.16 Å². The summed E-state index contributed by atoms with van der Waals surface area (Å²) in [6.45, 7) is 0. The van der Waals surface area contributed by atoms with Crippen LogP contribution in [0.3, 0.4) is 0 Å². The van der Waals surface area contributed by atoms with Crippen LogP contribution >= 0.6 is 18.5 Å². The molecule has 1 aromatic carbocycles. The molecule has 0 bridgehead atoms. The van der Waals surface area contributed by atoms with Crippen LogP contribution in [0.4, 0.5) is 0 Å². The highest BCUT2D eigenvalue weighted by molar-refractivity contribution is 7.89. The first kappa shape index (κ1) is 9.52. The molecule has 62 valence electrons. The molecule has 0 radical (unpaired) electrons. The van der Waals surface area contributed by atoms with Gasteiger partial charge in [-0.25, -0.2) is 0 Å². The minimum Gasteiger partial charge on any atom is -0.198 e. The maximum absolute atomic E-state index is 8.36. The first-order valence-corrected chi connectivity index (χ1v) is 6.13. The first-order valence-electron chi connectivity index (χ1n) is 3.70. The third-order valence-electron chi connectivity index (χ3n) is 1.46. The number of nitrogens with zero attached hydrogens (tertiary/aromatic N) is 1. The molecule has 0 aliphatic rings. The smallest absolute Gasteiger partial charge is 0.0625 e. The van der Waals surface area contributed by atoms with Gasteiger partial charge in [0.2, 0.25) is 0 Å². The van der Waals surface area contributed by atoms with E-state index >= 15 is 0 Å². The summed E-state index contributed by atoms with van der Waals surface area (Å²) in [6.07, 6.45) is 1.33. The predicted molar refractivity (Wildman–Crippen MR) is 53.9 cm³/mol. The highest BCUT2D eigenvalue weighted by atomic mass is 35.7. The molecule has 0 saturated heterocycles. The lowest BCUT2D eigenvalue weighted by Crippen LogP contribution is -1.97. The Morgan fingerprint density at radius 3 is 2.58 bits per heavy atom. The van der Waals surface area contributed by atoms with Crippen LogP contribution in [0.5, 0.6) is 0 Å². The second-order valence-electron chi connectivity index (χ2n) is 2.33. The standard InChI is InChI=1S/C9H9ClNP/c10-12(8-4-7-11)9-5-2-1-3-6-9/h1-3,5-6H,4,8H2. The Bertz CT molecular complexity index is 268. The Labute approximate surface area is 78.5 Å². The Balaban J connectivity index is 2.55. The summed E-state index contributed by atoms with van der Waals surface area (Å²) in [4.78, 5) is 0. The third kappa shape index (κ3) is 2.81. The van der Waals surface area contributed by atoms with Gasteiger partial charge in [0.25, 0.3) is 0 Å².